The van der Waals surface area contributed by atoms with E-state index in [4.69, 9.17) is 14.5 Å². The molecule has 2 unspecified atom stereocenters. The maximum Gasteiger partial charge on any atom is 0.280 e. The molecule has 0 amide bonds. The third-order valence-corrected chi connectivity index (χ3v) is 10.4. The minimum Gasteiger partial charge on any atom is -0.374 e. The molecule has 2 atom stereocenters. The van der Waals surface area contributed by atoms with Gasteiger partial charge in [0.2, 0.25) is 0 Å². The van der Waals surface area contributed by atoms with Gasteiger partial charge in [0.25, 0.3) is 12.3 Å². The SMILES string of the molecule is Cc1ccnc2c1C1(CCN(c3cc4c(c(C(F)F)n3)CC(F)(F)CC3C(N5CCNCC5)CN43)CC1)OC21COC1. The molecular formula is C30H36F4N6O2. The van der Waals surface area contributed by atoms with Crippen LogP contribution >= 0.6 is 0 Å². The maximum absolute atomic E-state index is 15.3. The number of ether oxygens (including phenoxy) is 2. The van der Waals surface area contributed by atoms with Crippen molar-refractivity contribution in [2.24, 2.45) is 0 Å². The Morgan fingerprint density at radius 2 is 1.81 bits per heavy atom. The van der Waals surface area contributed by atoms with Crippen LogP contribution in [0.25, 0.3) is 0 Å². The summed E-state index contributed by atoms with van der Waals surface area (Å²) in [5.41, 5.74) is 2.15. The van der Waals surface area contributed by atoms with Crippen LogP contribution in [0.4, 0.5) is 29.1 Å². The number of aromatic nitrogens is 2. The second-order valence-corrected chi connectivity index (χ2v) is 12.9. The number of hydrogen-bond donors (Lipinski definition) is 1. The second kappa shape index (κ2) is 9.48. The molecule has 1 N–H and O–H groups in total. The average Bonchev–Trinajstić information content (AvgIpc) is 3.20. The number of aryl methyl sites for hydroxylation is 1. The Morgan fingerprint density at radius 1 is 1.05 bits per heavy atom. The molecule has 0 aliphatic carbocycles. The third kappa shape index (κ3) is 4.01. The van der Waals surface area contributed by atoms with Crippen molar-refractivity contribution in [3.63, 3.8) is 0 Å². The molecule has 8 heterocycles. The first-order chi connectivity index (χ1) is 20.2. The molecule has 4 saturated heterocycles. The Balaban J connectivity index is 1.11. The monoisotopic (exact) mass is 588 g/mol. The summed E-state index contributed by atoms with van der Waals surface area (Å²) in [6.07, 6.45) is -0.878. The normalized spacial score (nSPS) is 29.1. The number of pyridine rings is 2. The molecule has 2 aromatic heterocycles. The maximum atomic E-state index is 15.3. The Bertz CT molecular complexity index is 1390. The van der Waals surface area contributed by atoms with E-state index in [1.165, 1.54) is 0 Å². The number of nitrogens with zero attached hydrogens (tertiary/aromatic N) is 5. The van der Waals surface area contributed by atoms with Crippen molar-refractivity contribution in [1.82, 2.24) is 20.2 Å². The fourth-order valence-corrected chi connectivity index (χ4v) is 8.29. The summed E-state index contributed by atoms with van der Waals surface area (Å²) < 4.78 is 71.9. The van der Waals surface area contributed by atoms with E-state index in [1.54, 1.807) is 6.07 Å². The minimum atomic E-state index is -3.08. The van der Waals surface area contributed by atoms with E-state index in [0.29, 0.717) is 57.2 Å². The first-order valence-corrected chi connectivity index (χ1v) is 15.1. The van der Waals surface area contributed by atoms with Crippen LogP contribution < -0.4 is 15.1 Å². The summed E-state index contributed by atoms with van der Waals surface area (Å²) in [7, 11) is 0. The molecule has 0 radical (unpaired) electrons. The molecule has 2 aromatic rings. The molecule has 12 heteroatoms. The Kier molecular flexibility index (Phi) is 6.10. The average molecular weight is 589 g/mol. The number of piperazine rings is 1. The lowest BCUT2D eigenvalue weighted by atomic mass is 9.81. The Labute approximate surface area is 242 Å². The number of fused-ring (bicyclic) bond motifs is 6. The zero-order valence-corrected chi connectivity index (χ0v) is 23.7. The first-order valence-electron chi connectivity index (χ1n) is 15.1. The van der Waals surface area contributed by atoms with Crippen LogP contribution in [0.1, 0.15) is 53.8 Å². The molecule has 6 aliphatic rings. The Morgan fingerprint density at radius 3 is 2.50 bits per heavy atom. The number of hydrogen-bond acceptors (Lipinski definition) is 8. The van der Waals surface area contributed by atoms with E-state index >= 15 is 8.78 Å². The van der Waals surface area contributed by atoms with Crippen LogP contribution in [0, 0.1) is 6.92 Å². The summed E-state index contributed by atoms with van der Waals surface area (Å²) >= 11 is 0. The highest BCUT2D eigenvalue weighted by Crippen LogP contribution is 2.55. The third-order valence-electron chi connectivity index (χ3n) is 10.4. The largest absolute Gasteiger partial charge is 0.374 e. The van der Waals surface area contributed by atoms with Gasteiger partial charge in [0.1, 0.15) is 17.1 Å². The van der Waals surface area contributed by atoms with Gasteiger partial charge in [-0.05, 0) is 31.4 Å². The lowest BCUT2D eigenvalue weighted by molar-refractivity contribution is -0.260. The van der Waals surface area contributed by atoms with Crippen LogP contribution in [0.15, 0.2) is 18.3 Å². The van der Waals surface area contributed by atoms with Gasteiger partial charge in [-0.1, -0.05) is 0 Å². The second-order valence-electron chi connectivity index (χ2n) is 12.9. The quantitative estimate of drug-likeness (QED) is 0.547. The van der Waals surface area contributed by atoms with E-state index in [1.807, 2.05) is 22.1 Å². The van der Waals surface area contributed by atoms with Crippen molar-refractivity contribution < 1.29 is 27.0 Å². The van der Waals surface area contributed by atoms with Gasteiger partial charge >= 0.3 is 0 Å². The lowest BCUT2D eigenvalue weighted by Crippen LogP contribution is -2.69. The number of anilines is 2. The summed E-state index contributed by atoms with van der Waals surface area (Å²) in [5, 5.41) is 3.32. The van der Waals surface area contributed by atoms with Crippen molar-refractivity contribution in [3.8, 4) is 0 Å². The van der Waals surface area contributed by atoms with Gasteiger partial charge in [-0.25, -0.2) is 22.5 Å². The van der Waals surface area contributed by atoms with E-state index in [0.717, 1.165) is 43.0 Å². The highest BCUT2D eigenvalue weighted by atomic mass is 19.3. The van der Waals surface area contributed by atoms with Gasteiger partial charge in [-0.2, -0.15) is 0 Å². The molecular weight excluding hydrogens is 552 g/mol. The van der Waals surface area contributed by atoms with Crippen LogP contribution in [0.2, 0.25) is 0 Å². The summed E-state index contributed by atoms with van der Waals surface area (Å²) in [4.78, 5) is 15.3. The molecule has 2 spiro atoms. The molecule has 226 valence electrons. The van der Waals surface area contributed by atoms with Crippen LogP contribution in [-0.4, -0.2) is 91.9 Å². The smallest absolute Gasteiger partial charge is 0.280 e. The molecule has 0 aromatic carbocycles. The van der Waals surface area contributed by atoms with Gasteiger partial charge in [0.15, 0.2) is 5.60 Å². The number of alkyl halides is 4. The van der Waals surface area contributed by atoms with Crippen molar-refractivity contribution in [3.05, 3.63) is 46.4 Å². The van der Waals surface area contributed by atoms with E-state index in [-0.39, 0.29) is 18.0 Å². The summed E-state index contributed by atoms with van der Waals surface area (Å²) in [6, 6.07) is 3.37. The van der Waals surface area contributed by atoms with E-state index in [9.17, 15) is 8.78 Å². The zero-order chi connectivity index (χ0) is 28.9. The van der Waals surface area contributed by atoms with Crippen LogP contribution in [-0.2, 0) is 27.1 Å². The van der Waals surface area contributed by atoms with Crippen molar-refractivity contribution in [2.75, 3.05) is 68.8 Å². The van der Waals surface area contributed by atoms with Crippen molar-refractivity contribution >= 4 is 11.5 Å². The van der Waals surface area contributed by atoms with Gasteiger partial charge in [-0.15, -0.1) is 0 Å². The molecule has 8 nitrogen and oxygen atoms in total. The van der Waals surface area contributed by atoms with E-state index < -0.39 is 41.7 Å². The van der Waals surface area contributed by atoms with Crippen LogP contribution in [0.5, 0.6) is 0 Å². The van der Waals surface area contributed by atoms with Gasteiger partial charge in [0, 0.05) is 93.8 Å². The lowest BCUT2D eigenvalue weighted by Gasteiger charge is -2.54. The predicted molar refractivity (Wildman–Crippen MR) is 148 cm³/mol. The van der Waals surface area contributed by atoms with Crippen molar-refractivity contribution in [1.29, 1.82) is 0 Å². The summed E-state index contributed by atoms with van der Waals surface area (Å²) in [5.74, 6) is -2.65. The molecule has 0 saturated carbocycles. The minimum absolute atomic E-state index is 0.00447. The standard InChI is InChI=1S/C30H36F4N6O2/c1-18-2-5-36-26-24(18)28(42-29(26)16-41-17-29)3-8-39(9-4-28)23-12-20-19(25(37-23)27(31)32)13-30(33,34)14-21-22(15-40(20)21)38-10-6-35-7-11-38/h2,5,12,21-22,27,35H,3-4,6-11,13-17H2,1H3. The fraction of sp³-hybridized carbons (Fsp3) is 0.667. The molecule has 42 heavy (non-hydrogen) atoms. The zero-order valence-electron chi connectivity index (χ0n) is 23.7. The number of piperidine rings is 1. The predicted octanol–water partition coefficient (Wildman–Crippen LogP) is 3.52. The first kappa shape index (κ1) is 27.0. The number of nitrogens with one attached hydrogen (secondary N) is 1. The molecule has 0 bridgehead atoms. The molecule has 8 rings (SSSR count). The van der Waals surface area contributed by atoms with Gasteiger partial charge in [-0.3, -0.25) is 9.88 Å². The summed E-state index contributed by atoms with van der Waals surface area (Å²) in [6.45, 7) is 7.94. The fourth-order valence-electron chi connectivity index (χ4n) is 8.29. The molecule has 4 fully saturated rings. The van der Waals surface area contributed by atoms with Crippen LogP contribution in [0.3, 0.4) is 0 Å². The number of rotatable bonds is 3. The van der Waals surface area contributed by atoms with E-state index in [2.05, 4.69) is 22.1 Å². The highest BCUT2D eigenvalue weighted by Gasteiger charge is 2.60. The number of halogens is 4. The topological polar surface area (TPSA) is 66.0 Å². The Hall–Kier alpha value is -2.54. The van der Waals surface area contributed by atoms with Crippen molar-refractivity contribution in [2.45, 2.75) is 68.2 Å². The molecule has 6 aliphatic heterocycles. The highest BCUT2D eigenvalue weighted by molar-refractivity contribution is 5.66. The van der Waals surface area contributed by atoms with Gasteiger partial charge in [0.05, 0.1) is 24.9 Å². The van der Waals surface area contributed by atoms with Gasteiger partial charge < -0.3 is 24.6 Å².